The third-order valence-corrected chi connectivity index (χ3v) is 2.22. The standard InChI is InChI=1S/C9H15ClN2O/c10-5-1-2-6-11-8-3-4-9(13)12-7-8/h1-2,8,11H,3-7H2,(H,12,13)/b2-1+. The summed E-state index contributed by atoms with van der Waals surface area (Å²) in [7, 11) is 0. The highest BCUT2D eigenvalue weighted by atomic mass is 35.5. The molecule has 74 valence electrons. The monoisotopic (exact) mass is 202 g/mol. The van der Waals surface area contributed by atoms with Crippen molar-refractivity contribution in [3.8, 4) is 0 Å². The molecule has 1 atom stereocenters. The molecule has 0 aromatic heterocycles. The van der Waals surface area contributed by atoms with E-state index in [0.29, 0.717) is 18.3 Å². The molecule has 13 heavy (non-hydrogen) atoms. The van der Waals surface area contributed by atoms with Gasteiger partial charge in [-0.1, -0.05) is 12.2 Å². The van der Waals surface area contributed by atoms with Gasteiger partial charge < -0.3 is 10.6 Å². The van der Waals surface area contributed by atoms with Crippen molar-refractivity contribution in [2.24, 2.45) is 0 Å². The molecule has 1 rings (SSSR count). The van der Waals surface area contributed by atoms with Crippen molar-refractivity contribution < 1.29 is 4.79 Å². The van der Waals surface area contributed by atoms with Gasteiger partial charge in [0.15, 0.2) is 0 Å². The molecule has 1 aliphatic rings. The van der Waals surface area contributed by atoms with E-state index in [1.165, 1.54) is 0 Å². The van der Waals surface area contributed by atoms with Gasteiger partial charge in [0.25, 0.3) is 0 Å². The number of amides is 1. The zero-order valence-corrected chi connectivity index (χ0v) is 8.31. The van der Waals surface area contributed by atoms with E-state index in [1.54, 1.807) is 0 Å². The van der Waals surface area contributed by atoms with Gasteiger partial charge in [-0.15, -0.1) is 11.6 Å². The average Bonchev–Trinajstić information content (AvgIpc) is 2.15. The van der Waals surface area contributed by atoms with Gasteiger partial charge in [0, 0.05) is 31.4 Å². The second-order valence-electron chi connectivity index (χ2n) is 3.07. The number of carbonyl (C=O) groups is 1. The Morgan fingerprint density at radius 3 is 3.08 bits per heavy atom. The molecule has 4 heteroatoms. The fraction of sp³-hybridized carbons (Fsp3) is 0.667. The number of rotatable bonds is 4. The molecule has 0 radical (unpaired) electrons. The molecule has 1 fully saturated rings. The first-order valence-electron chi connectivity index (χ1n) is 4.54. The van der Waals surface area contributed by atoms with Gasteiger partial charge in [-0.25, -0.2) is 0 Å². The van der Waals surface area contributed by atoms with Gasteiger partial charge in [-0.3, -0.25) is 4.79 Å². The maximum Gasteiger partial charge on any atom is 0.220 e. The lowest BCUT2D eigenvalue weighted by molar-refractivity contribution is -0.122. The largest absolute Gasteiger partial charge is 0.355 e. The Kier molecular flexibility index (Phi) is 4.86. The van der Waals surface area contributed by atoms with Crippen molar-refractivity contribution in [3.05, 3.63) is 12.2 Å². The predicted molar refractivity (Wildman–Crippen MR) is 53.9 cm³/mol. The molecule has 0 aromatic rings. The summed E-state index contributed by atoms with van der Waals surface area (Å²) in [6, 6.07) is 0.415. The molecule has 1 aliphatic heterocycles. The van der Waals surface area contributed by atoms with E-state index >= 15 is 0 Å². The number of hydrogen-bond acceptors (Lipinski definition) is 2. The van der Waals surface area contributed by atoms with Crippen LogP contribution in [0.3, 0.4) is 0 Å². The van der Waals surface area contributed by atoms with Gasteiger partial charge in [-0.2, -0.15) is 0 Å². The van der Waals surface area contributed by atoms with Crippen LogP contribution in [0, 0.1) is 0 Å². The zero-order valence-electron chi connectivity index (χ0n) is 7.55. The van der Waals surface area contributed by atoms with Crippen LogP contribution in [0.2, 0.25) is 0 Å². The van der Waals surface area contributed by atoms with Crippen LogP contribution in [-0.4, -0.2) is 30.9 Å². The SMILES string of the molecule is O=C1CCC(NC/C=C/CCl)CN1. The number of carbonyl (C=O) groups excluding carboxylic acids is 1. The Hall–Kier alpha value is -0.540. The summed E-state index contributed by atoms with van der Waals surface area (Å²) >= 11 is 5.47. The van der Waals surface area contributed by atoms with Gasteiger partial charge in [0.1, 0.15) is 0 Å². The molecular formula is C9H15ClN2O. The summed E-state index contributed by atoms with van der Waals surface area (Å²) in [4.78, 5) is 10.8. The van der Waals surface area contributed by atoms with Gasteiger partial charge >= 0.3 is 0 Å². The molecule has 1 amide bonds. The fourth-order valence-corrected chi connectivity index (χ4v) is 1.41. The third-order valence-electron chi connectivity index (χ3n) is 2.05. The minimum absolute atomic E-state index is 0.161. The Labute approximate surface area is 83.5 Å². The highest BCUT2D eigenvalue weighted by Gasteiger charge is 2.16. The van der Waals surface area contributed by atoms with E-state index in [4.69, 9.17) is 11.6 Å². The summed E-state index contributed by atoms with van der Waals surface area (Å²) in [5.41, 5.74) is 0. The first kappa shape index (κ1) is 10.5. The Morgan fingerprint density at radius 1 is 1.62 bits per heavy atom. The van der Waals surface area contributed by atoms with Crippen LogP contribution in [-0.2, 0) is 4.79 Å². The van der Waals surface area contributed by atoms with Crippen LogP contribution >= 0.6 is 11.6 Å². The van der Waals surface area contributed by atoms with E-state index in [2.05, 4.69) is 10.6 Å². The Bertz CT molecular complexity index is 184. The van der Waals surface area contributed by atoms with Crippen molar-refractivity contribution in [2.75, 3.05) is 19.0 Å². The number of alkyl halides is 1. The lowest BCUT2D eigenvalue weighted by atomic mass is 10.1. The molecule has 0 spiro atoms. The van der Waals surface area contributed by atoms with E-state index in [0.717, 1.165) is 19.5 Å². The highest BCUT2D eigenvalue weighted by Crippen LogP contribution is 2.01. The van der Waals surface area contributed by atoms with Crippen molar-refractivity contribution in [2.45, 2.75) is 18.9 Å². The topological polar surface area (TPSA) is 41.1 Å². The normalized spacial score (nSPS) is 23.5. The van der Waals surface area contributed by atoms with Crippen molar-refractivity contribution in [3.63, 3.8) is 0 Å². The predicted octanol–water partition coefficient (Wildman–Crippen LogP) is 0.650. The van der Waals surface area contributed by atoms with Crippen molar-refractivity contribution in [1.29, 1.82) is 0 Å². The van der Waals surface area contributed by atoms with Crippen LogP contribution < -0.4 is 10.6 Å². The molecule has 0 bridgehead atoms. The van der Waals surface area contributed by atoms with E-state index in [9.17, 15) is 4.79 Å². The first-order valence-corrected chi connectivity index (χ1v) is 5.07. The molecular weight excluding hydrogens is 188 g/mol. The van der Waals surface area contributed by atoms with Crippen LogP contribution in [0.15, 0.2) is 12.2 Å². The fourth-order valence-electron chi connectivity index (χ4n) is 1.29. The lowest BCUT2D eigenvalue weighted by Gasteiger charge is -2.22. The molecule has 3 nitrogen and oxygen atoms in total. The highest BCUT2D eigenvalue weighted by molar-refractivity contribution is 6.18. The van der Waals surface area contributed by atoms with E-state index in [1.807, 2.05) is 12.2 Å². The number of allylic oxidation sites excluding steroid dienone is 1. The lowest BCUT2D eigenvalue weighted by Crippen LogP contribution is -2.45. The summed E-state index contributed by atoms with van der Waals surface area (Å²) < 4.78 is 0. The molecule has 0 saturated carbocycles. The van der Waals surface area contributed by atoms with Gasteiger partial charge in [0.05, 0.1) is 0 Å². The number of piperidine rings is 1. The van der Waals surface area contributed by atoms with Crippen molar-refractivity contribution >= 4 is 17.5 Å². The molecule has 1 saturated heterocycles. The number of halogens is 1. The minimum Gasteiger partial charge on any atom is -0.355 e. The molecule has 0 aliphatic carbocycles. The molecule has 2 N–H and O–H groups in total. The number of nitrogens with one attached hydrogen (secondary N) is 2. The summed E-state index contributed by atoms with van der Waals surface area (Å²) in [5.74, 6) is 0.720. The first-order chi connectivity index (χ1) is 6.33. The zero-order chi connectivity index (χ0) is 9.52. The van der Waals surface area contributed by atoms with Gasteiger partial charge in [0.2, 0.25) is 5.91 Å². The Morgan fingerprint density at radius 2 is 2.46 bits per heavy atom. The van der Waals surface area contributed by atoms with Crippen LogP contribution in [0.4, 0.5) is 0 Å². The molecule has 1 heterocycles. The van der Waals surface area contributed by atoms with Gasteiger partial charge in [-0.05, 0) is 6.42 Å². The Balaban J connectivity index is 2.08. The summed E-state index contributed by atoms with van der Waals surface area (Å²) in [6.07, 6.45) is 5.48. The van der Waals surface area contributed by atoms with Crippen LogP contribution in [0.25, 0.3) is 0 Å². The maximum atomic E-state index is 10.8. The molecule has 1 unspecified atom stereocenters. The molecule has 0 aromatic carbocycles. The number of hydrogen-bond donors (Lipinski definition) is 2. The van der Waals surface area contributed by atoms with E-state index < -0.39 is 0 Å². The van der Waals surface area contributed by atoms with Crippen LogP contribution in [0.5, 0.6) is 0 Å². The average molecular weight is 203 g/mol. The smallest absolute Gasteiger partial charge is 0.220 e. The van der Waals surface area contributed by atoms with E-state index in [-0.39, 0.29) is 5.91 Å². The third kappa shape index (κ3) is 4.29. The second kappa shape index (κ2) is 6.00. The maximum absolute atomic E-state index is 10.8. The van der Waals surface area contributed by atoms with Crippen molar-refractivity contribution in [1.82, 2.24) is 10.6 Å². The summed E-state index contributed by atoms with van der Waals surface area (Å²) in [5, 5.41) is 6.14. The minimum atomic E-state index is 0.161. The summed E-state index contributed by atoms with van der Waals surface area (Å²) in [6.45, 7) is 1.57. The quantitative estimate of drug-likeness (QED) is 0.519. The van der Waals surface area contributed by atoms with Crippen LogP contribution in [0.1, 0.15) is 12.8 Å². The second-order valence-corrected chi connectivity index (χ2v) is 3.38.